The fraction of sp³-hybridized carbons (Fsp3) is 0.286. The fourth-order valence-corrected chi connectivity index (χ4v) is 3.79. The highest BCUT2D eigenvalue weighted by atomic mass is 79.9. The fourth-order valence-electron chi connectivity index (χ4n) is 1.90. The molecule has 0 aliphatic carbocycles. The van der Waals surface area contributed by atoms with E-state index in [0.29, 0.717) is 6.61 Å². The number of hydrogen-bond donors (Lipinski definition) is 1. The predicted octanol–water partition coefficient (Wildman–Crippen LogP) is 4.87. The van der Waals surface area contributed by atoms with E-state index in [-0.39, 0.29) is 6.04 Å². The highest BCUT2D eigenvalue weighted by molar-refractivity contribution is 9.11. The molecule has 1 aromatic heterocycles. The lowest BCUT2D eigenvalue weighted by Gasteiger charge is -2.15. The lowest BCUT2D eigenvalue weighted by molar-refractivity contribution is 0.340. The molecule has 1 N–H and O–H groups in total. The van der Waals surface area contributed by atoms with Gasteiger partial charge in [-0.15, -0.1) is 11.3 Å². The quantitative estimate of drug-likeness (QED) is 0.821. The van der Waals surface area contributed by atoms with E-state index in [2.05, 4.69) is 33.4 Å². The summed E-state index contributed by atoms with van der Waals surface area (Å²) in [4.78, 5) is 1.18. The molecule has 0 saturated carbocycles. The number of nitrogens with one attached hydrogen (secondary N) is 1. The van der Waals surface area contributed by atoms with E-state index in [1.807, 2.05) is 32.2 Å². The summed E-state index contributed by atoms with van der Waals surface area (Å²) in [7, 11) is 1.95. The number of benzene rings is 1. The second-order valence-corrected chi connectivity index (χ2v) is 6.80. The molecule has 2 rings (SSSR count). The topological polar surface area (TPSA) is 21.3 Å². The highest BCUT2D eigenvalue weighted by Gasteiger charge is 2.16. The second-order valence-electron chi connectivity index (χ2n) is 3.99. The van der Waals surface area contributed by atoms with Crippen LogP contribution in [0.5, 0.6) is 5.75 Å². The minimum Gasteiger partial charge on any atom is -0.494 e. The largest absolute Gasteiger partial charge is 0.494 e. The van der Waals surface area contributed by atoms with Gasteiger partial charge in [0.2, 0.25) is 0 Å². The third-order valence-corrected chi connectivity index (χ3v) is 5.30. The maximum atomic E-state index is 6.10. The van der Waals surface area contributed by atoms with Gasteiger partial charge in [-0.3, -0.25) is 0 Å². The van der Waals surface area contributed by atoms with Gasteiger partial charge in [0.1, 0.15) is 5.75 Å². The van der Waals surface area contributed by atoms with Crippen molar-refractivity contribution < 1.29 is 4.74 Å². The van der Waals surface area contributed by atoms with E-state index in [1.54, 1.807) is 11.3 Å². The van der Waals surface area contributed by atoms with Gasteiger partial charge in [0.15, 0.2) is 0 Å². The second kappa shape index (κ2) is 6.75. The summed E-state index contributed by atoms with van der Waals surface area (Å²) in [5.41, 5.74) is 1.19. The molecule has 0 spiro atoms. The lowest BCUT2D eigenvalue weighted by Crippen LogP contribution is -2.16. The van der Waals surface area contributed by atoms with E-state index in [4.69, 9.17) is 16.3 Å². The molecule has 1 atom stereocenters. The number of thiophene rings is 1. The Kier molecular flexibility index (Phi) is 5.28. The third kappa shape index (κ3) is 3.51. The summed E-state index contributed by atoms with van der Waals surface area (Å²) >= 11 is 11.2. The first kappa shape index (κ1) is 14.9. The Labute approximate surface area is 130 Å². The van der Waals surface area contributed by atoms with Gasteiger partial charge in [0, 0.05) is 4.88 Å². The summed E-state index contributed by atoms with van der Waals surface area (Å²) < 4.78 is 6.42. The molecule has 0 fully saturated rings. The first-order valence-electron chi connectivity index (χ1n) is 6.00. The first-order chi connectivity index (χ1) is 9.15. The van der Waals surface area contributed by atoms with Gasteiger partial charge < -0.3 is 10.1 Å². The lowest BCUT2D eigenvalue weighted by atomic mass is 10.1. The van der Waals surface area contributed by atoms with Gasteiger partial charge >= 0.3 is 0 Å². The predicted molar refractivity (Wildman–Crippen MR) is 85.5 cm³/mol. The van der Waals surface area contributed by atoms with Crippen LogP contribution in [0.2, 0.25) is 5.02 Å². The van der Waals surface area contributed by atoms with Crippen molar-refractivity contribution in [3.63, 3.8) is 0 Å². The molecule has 0 bridgehead atoms. The van der Waals surface area contributed by atoms with Crippen LogP contribution in [0.4, 0.5) is 0 Å². The number of halogens is 2. The van der Waals surface area contributed by atoms with Crippen LogP contribution in [0, 0.1) is 0 Å². The van der Waals surface area contributed by atoms with E-state index in [0.717, 1.165) is 14.6 Å². The average Bonchev–Trinajstić information content (AvgIpc) is 2.73. The SMILES string of the molecule is CCOc1ccc(C(NC)c2cc(Cl)c(Br)s2)cc1. The van der Waals surface area contributed by atoms with E-state index in [1.165, 1.54) is 10.4 Å². The van der Waals surface area contributed by atoms with Gasteiger partial charge in [0.05, 0.1) is 21.5 Å². The van der Waals surface area contributed by atoms with Crippen LogP contribution in [0.15, 0.2) is 34.1 Å². The summed E-state index contributed by atoms with van der Waals surface area (Å²) in [6, 6.07) is 10.3. The van der Waals surface area contributed by atoms with Gasteiger partial charge in [-0.2, -0.15) is 0 Å². The number of hydrogen-bond acceptors (Lipinski definition) is 3. The Morgan fingerprint density at radius 1 is 1.37 bits per heavy atom. The number of rotatable bonds is 5. The maximum absolute atomic E-state index is 6.10. The van der Waals surface area contributed by atoms with E-state index < -0.39 is 0 Å². The van der Waals surface area contributed by atoms with E-state index in [9.17, 15) is 0 Å². The molecule has 102 valence electrons. The Bertz CT molecular complexity index is 521. The zero-order valence-electron chi connectivity index (χ0n) is 10.7. The van der Waals surface area contributed by atoms with E-state index >= 15 is 0 Å². The molecule has 0 saturated heterocycles. The molecule has 2 aromatic rings. The van der Waals surface area contributed by atoms with Crippen molar-refractivity contribution in [2.24, 2.45) is 0 Å². The molecule has 0 aliphatic rings. The van der Waals surface area contributed by atoms with Crippen molar-refractivity contribution in [1.29, 1.82) is 0 Å². The summed E-state index contributed by atoms with van der Waals surface area (Å²) in [6.45, 7) is 2.66. The van der Waals surface area contributed by atoms with Crippen LogP contribution in [0.1, 0.15) is 23.4 Å². The number of ether oxygens (including phenoxy) is 1. The zero-order chi connectivity index (χ0) is 13.8. The van der Waals surface area contributed by atoms with Crippen LogP contribution in [-0.2, 0) is 0 Å². The third-order valence-electron chi connectivity index (χ3n) is 2.76. The van der Waals surface area contributed by atoms with Crippen LogP contribution in [-0.4, -0.2) is 13.7 Å². The standard InChI is InChI=1S/C14H15BrClNOS/c1-3-18-10-6-4-9(5-7-10)13(17-2)12-8-11(16)14(15)19-12/h4-8,13,17H,3H2,1-2H3. The maximum Gasteiger partial charge on any atom is 0.119 e. The Balaban J connectivity index is 2.26. The van der Waals surface area contributed by atoms with Crippen LogP contribution >= 0.6 is 38.9 Å². The van der Waals surface area contributed by atoms with Gasteiger partial charge in [-0.25, -0.2) is 0 Å². The van der Waals surface area contributed by atoms with Crippen LogP contribution < -0.4 is 10.1 Å². The molecular formula is C14H15BrClNOS. The van der Waals surface area contributed by atoms with Crippen LogP contribution in [0.25, 0.3) is 0 Å². The van der Waals surface area contributed by atoms with Gasteiger partial charge in [0.25, 0.3) is 0 Å². The minimum absolute atomic E-state index is 0.143. The van der Waals surface area contributed by atoms with Gasteiger partial charge in [-0.1, -0.05) is 23.7 Å². The Morgan fingerprint density at radius 3 is 2.53 bits per heavy atom. The Morgan fingerprint density at radius 2 is 2.05 bits per heavy atom. The van der Waals surface area contributed by atoms with Crippen molar-refractivity contribution in [3.8, 4) is 5.75 Å². The molecule has 1 aromatic carbocycles. The normalized spacial score (nSPS) is 12.4. The molecule has 2 nitrogen and oxygen atoms in total. The highest BCUT2D eigenvalue weighted by Crippen LogP contribution is 2.37. The van der Waals surface area contributed by atoms with Gasteiger partial charge in [-0.05, 0) is 53.7 Å². The summed E-state index contributed by atoms with van der Waals surface area (Å²) in [6.07, 6.45) is 0. The van der Waals surface area contributed by atoms with Crippen molar-refractivity contribution in [2.45, 2.75) is 13.0 Å². The molecular weight excluding hydrogens is 346 g/mol. The van der Waals surface area contributed by atoms with Crippen molar-refractivity contribution in [1.82, 2.24) is 5.32 Å². The molecule has 19 heavy (non-hydrogen) atoms. The summed E-state index contributed by atoms with van der Waals surface area (Å²) in [5.74, 6) is 0.895. The van der Waals surface area contributed by atoms with Crippen LogP contribution in [0.3, 0.4) is 0 Å². The molecule has 0 radical (unpaired) electrons. The zero-order valence-corrected chi connectivity index (χ0v) is 13.9. The molecule has 0 amide bonds. The molecule has 1 heterocycles. The molecule has 1 unspecified atom stereocenters. The van der Waals surface area contributed by atoms with Crippen molar-refractivity contribution in [2.75, 3.05) is 13.7 Å². The average molecular weight is 361 g/mol. The molecule has 5 heteroatoms. The summed E-state index contributed by atoms with van der Waals surface area (Å²) in [5, 5.41) is 4.07. The Hall–Kier alpha value is -0.550. The smallest absolute Gasteiger partial charge is 0.119 e. The van der Waals surface area contributed by atoms with Crippen molar-refractivity contribution in [3.05, 3.63) is 49.6 Å². The molecule has 0 aliphatic heterocycles. The minimum atomic E-state index is 0.143. The van der Waals surface area contributed by atoms with Crippen molar-refractivity contribution >= 4 is 38.9 Å². The first-order valence-corrected chi connectivity index (χ1v) is 7.99. The monoisotopic (exact) mass is 359 g/mol.